The van der Waals surface area contributed by atoms with Gasteiger partial charge < -0.3 is 5.32 Å². The lowest BCUT2D eigenvalue weighted by molar-refractivity contribution is 0.602. The van der Waals surface area contributed by atoms with Crippen molar-refractivity contribution in [1.29, 1.82) is 0 Å². The van der Waals surface area contributed by atoms with Crippen molar-refractivity contribution >= 4 is 27.1 Å². The molecule has 1 unspecified atom stereocenters. The number of nitrogens with one attached hydrogen (secondary N) is 1. The minimum absolute atomic E-state index is 0.0575. The third kappa shape index (κ3) is 3.74. The Bertz CT molecular complexity index is 696. The van der Waals surface area contributed by atoms with E-state index in [1.165, 1.54) is 6.26 Å². The summed E-state index contributed by atoms with van der Waals surface area (Å²) in [4.78, 5) is 0.311. The van der Waals surface area contributed by atoms with Crippen LogP contribution in [0.15, 0.2) is 53.4 Å². The van der Waals surface area contributed by atoms with Crippen LogP contribution in [0.4, 0.5) is 5.69 Å². The SMILES string of the molecule is CC(Nc1cccc(S(C)(=O)=O)c1)c1ccc(Cl)cc1. The Morgan fingerprint density at radius 2 is 1.75 bits per heavy atom. The van der Waals surface area contributed by atoms with E-state index in [-0.39, 0.29) is 6.04 Å². The molecule has 0 heterocycles. The molecule has 5 heteroatoms. The smallest absolute Gasteiger partial charge is 0.175 e. The van der Waals surface area contributed by atoms with Gasteiger partial charge in [-0.25, -0.2) is 8.42 Å². The largest absolute Gasteiger partial charge is 0.378 e. The minimum Gasteiger partial charge on any atom is -0.378 e. The van der Waals surface area contributed by atoms with Crippen molar-refractivity contribution < 1.29 is 8.42 Å². The van der Waals surface area contributed by atoms with E-state index in [0.717, 1.165) is 11.3 Å². The predicted molar refractivity (Wildman–Crippen MR) is 83.0 cm³/mol. The Morgan fingerprint density at radius 1 is 1.10 bits per heavy atom. The maximum absolute atomic E-state index is 11.5. The molecule has 0 saturated heterocycles. The second-order valence-electron chi connectivity index (χ2n) is 4.72. The first-order valence-electron chi connectivity index (χ1n) is 6.18. The van der Waals surface area contributed by atoms with Crippen molar-refractivity contribution in [2.75, 3.05) is 11.6 Å². The average Bonchev–Trinajstić information content (AvgIpc) is 2.38. The lowest BCUT2D eigenvalue weighted by Crippen LogP contribution is -2.07. The highest BCUT2D eigenvalue weighted by atomic mass is 35.5. The van der Waals surface area contributed by atoms with Crippen molar-refractivity contribution in [2.45, 2.75) is 17.9 Å². The maximum atomic E-state index is 11.5. The number of hydrogen-bond donors (Lipinski definition) is 1. The van der Waals surface area contributed by atoms with E-state index in [1.54, 1.807) is 18.2 Å². The van der Waals surface area contributed by atoms with E-state index >= 15 is 0 Å². The minimum atomic E-state index is -3.19. The van der Waals surface area contributed by atoms with Crippen molar-refractivity contribution in [3.63, 3.8) is 0 Å². The van der Waals surface area contributed by atoms with Gasteiger partial charge in [0, 0.05) is 23.0 Å². The van der Waals surface area contributed by atoms with E-state index < -0.39 is 9.84 Å². The Hall–Kier alpha value is -1.52. The highest BCUT2D eigenvalue weighted by Gasteiger charge is 2.09. The van der Waals surface area contributed by atoms with E-state index in [1.807, 2.05) is 37.3 Å². The molecular formula is C15H16ClNO2S. The highest BCUT2D eigenvalue weighted by molar-refractivity contribution is 7.90. The van der Waals surface area contributed by atoms with Gasteiger partial charge in [0.05, 0.1) is 4.90 Å². The van der Waals surface area contributed by atoms with Gasteiger partial charge in [0.2, 0.25) is 0 Å². The van der Waals surface area contributed by atoms with Crippen LogP contribution in [0.2, 0.25) is 5.02 Å². The second kappa shape index (κ2) is 5.85. The fourth-order valence-electron chi connectivity index (χ4n) is 1.90. The molecule has 0 aromatic heterocycles. The molecule has 0 amide bonds. The van der Waals surface area contributed by atoms with Crippen molar-refractivity contribution in [2.24, 2.45) is 0 Å². The zero-order valence-corrected chi connectivity index (χ0v) is 12.9. The Kier molecular flexibility index (Phi) is 4.35. The Labute approximate surface area is 124 Å². The summed E-state index contributed by atoms with van der Waals surface area (Å²) in [5, 5.41) is 3.98. The predicted octanol–water partition coefficient (Wildman–Crippen LogP) is 3.92. The van der Waals surface area contributed by atoms with Crippen LogP contribution in [-0.2, 0) is 9.84 Å². The zero-order valence-electron chi connectivity index (χ0n) is 11.3. The zero-order chi connectivity index (χ0) is 14.8. The second-order valence-corrected chi connectivity index (χ2v) is 7.17. The molecule has 0 saturated carbocycles. The molecule has 0 fully saturated rings. The van der Waals surface area contributed by atoms with Crippen LogP contribution in [0, 0.1) is 0 Å². The molecule has 1 N–H and O–H groups in total. The molecular weight excluding hydrogens is 294 g/mol. The van der Waals surface area contributed by atoms with Crippen molar-refractivity contribution in [3.05, 3.63) is 59.1 Å². The standard InChI is InChI=1S/C15H16ClNO2S/c1-11(12-6-8-13(16)9-7-12)17-14-4-3-5-15(10-14)20(2,18)19/h3-11,17H,1-2H3. The Morgan fingerprint density at radius 3 is 2.35 bits per heavy atom. The average molecular weight is 310 g/mol. The lowest BCUT2D eigenvalue weighted by atomic mass is 10.1. The number of anilines is 1. The molecule has 2 aromatic rings. The quantitative estimate of drug-likeness (QED) is 0.931. The van der Waals surface area contributed by atoms with Gasteiger partial charge >= 0.3 is 0 Å². The van der Waals surface area contributed by atoms with Gasteiger partial charge in [-0.05, 0) is 42.8 Å². The van der Waals surface area contributed by atoms with Crippen molar-refractivity contribution in [1.82, 2.24) is 0 Å². The van der Waals surface area contributed by atoms with Gasteiger partial charge in [0.15, 0.2) is 9.84 Å². The normalized spacial score (nSPS) is 12.9. The molecule has 2 aromatic carbocycles. The molecule has 0 aliphatic rings. The van der Waals surface area contributed by atoms with Crippen LogP contribution < -0.4 is 5.32 Å². The summed E-state index contributed by atoms with van der Waals surface area (Å²) in [7, 11) is -3.19. The van der Waals surface area contributed by atoms with Crippen LogP contribution in [0.1, 0.15) is 18.5 Å². The van der Waals surface area contributed by atoms with Gasteiger partial charge in [-0.2, -0.15) is 0 Å². The third-order valence-electron chi connectivity index (χ3n) is 3.02. The summed E-state index contributed by atoms with van der Waals surface area (Å²) in [6.07, 6.45) is 1.20. The number of benzene rings is 2. The van der Waals surface area contributed by atoms with Crippen LogP contribution in [0.3, 0.4) is 0 Å². The summed E-state index contributed by atoms with van der Waals surface area (Å²) in [5.41, 5.74) is 1.86. The molecule has 0 spiro atoms. The first-order valence-corrected chi connectivity index (χ1v) is 8.45. The van der Waals surface area contributed by atoms with Crippen molar-refractivity contribution in [3.8, 4) is 0 Å². The fraction of sp³-hybridized carbons (Fsp3) is 0.200. The Balaban J connectivity index is 2.20. The maximum Gasteiger partial charge on any atom is 0.175 e. The number of halogens is 1. The first kappa shape index (κ1) is 14.9. The first-order chi connectivity index (χ1) is 9.36. The van der Waals surface area contributed by atoms with Gasteiger partial charge in [0.25, 0.3) is 0 Å². The molecule has 2 rings (SSSR count). The van der Waals surface area contributed by atoms with Crippen LogP contribution in [0.5, 0.6) is 0 Å². The number of rotatable bonds is 4. The lowest BCUT2D eigenvalue weighted by Gasteiger charge is -2.16. The molecule has 0 aliphatic carbocycles. The van der Waals surface area contributed by atoms with E-state index in [4.69, 9.17) is 11.6 Å². The molecule has 20 heavy (non-hydrogen) atoms. The summed E-state index contributed by atoms with van der Waals surface area (Å²) in [5.74, 6) is 0. The third-order valence-corrected chi connectivity index (χ3v) is 4.38. The summed E-state index contributed by atoms with van der Waals surface area (Å²) < 4.78 is 23.1. The molecule has 3 nitrogen and oxygen atoms in total. The molecule has 1 atom stereocenters. The fourth-order valence-corrected chi connectivity index (χ4v) is 2.69. The van der Waals surface area contributed by atoms with Gasteiger partial charge in [-0.1, -0.05) is 29.8 Å². The van der Waals surface area contributed by atoms with Crippen LogP contribution >= 0.6 is 11.6 Å². The van der Waals surface area contributed by atoms with E-state index in [9.17, 15) is 8.42 Å². The van der Waals surface area contributed by atoms with Crippen LogP contribution in [0.25, 0.3) is 0 Å². The molecule has 106 valence electrons. The monoisotopic (exact) mass is 309 g/mol. The summed E-state index contributed by atoms with van der Waals surface area (Å²) >= 11 is 5.86. The van der Waals surface area contributed by atoms with Crippen LogP contribution in [-0.4, -0.2) is 14.7 Å². The number of sulfone groups is 1. The molecule has 0 bridgehead atoms. The summed E-state index contributed by atoms with van der Waals surface area (Å²) in [6, 6.07) is 14.4. The van der Waals surface area contributed by atoms with Gasteiger partial charge in [0.1, 0.15) is 0 Å². The summed E-state index contributed by atoms with van der Waals surface area (Å²) in [6.45, 7) is 2.01. The van der Waals surface area contributed by atoms with E-state index in [2.05, 4.69) is 5.32 Å². The molecule has 0 radical (unpaired) electrons. The highest BCUT2D eigenvalue weighted by Crippen LogP contribution is 2.22. The van der Waals surface area contributed by atoms with E-state index in [0.29, 0.717) is 9.92 Å². The molecule has 0 aliphatic heterocycles. The van der Waals surface area contributed by atoms with Gasteiger partial charge in [-0.3, -0.25) is 0 Å². The van der Waals surface area contributed by atoms with Gasteiger partial charge in [-0.15, -0.1) is 0 Å². The number of hydrogen-bond acceptors (Lipinski definition) is 3. The topological polar surface area (TPSA) is 46.2 Å².